The zero-order valence-electron chi connectivity index (χ0n) is 12.0. The number of likely N-dealkylation sites (tertiary alicyclic amines) is 1. The van der Waals surface area contributed by atoms with Crippen LogP contribution in [0.5, 0.6) is 0 Å². The second kappa shape index (κ2) is 6.95. The summed E-state index contributed by atoms with van der Waals surface area (Å²) in [7, 11) is 0. The minimum atomic E-state index is -0.572. The molecule has 118 valence electrons. The third-order valence-electron chi connectivity index (χ3n) is 3.67. The van der Waals surface area contributed by atoms with Crippen LogP contribution in [-0.4, -0.2) is 60.9 Å². The quantitative estimate of drug-likeness (QED) is 0.769. The Hall–Kier alpha value is -1.84. The van der Waals surface area contributed by atoms with Crippen molar-refractivity contribution in [2.24, 2.45) is 0 Å². The Morgan fingerprint density at radius 1 is 1.45 bits per heavy atom. The number of hydrogen-bond donors (Lipinski definition) is 2. The summed E-state index contributed by atoms with van der Waals surface area (Å²) < 4.78 is 1.60. The van der Waals surface area contributed by atoms with Crippen molar-refractivity contribution in [1.82, 2.24) is 30.0 Å². The maximum atomic E-state index is 11.9. The standard InChI is InChI=1S/C13H18N6O2S/c20-12-4-18(3-10-6-22-9-14-10)2-1-11(12)17-13(21)5-19-7-15-16-8-19/h6-9,11-12,20H,1-5H2,(H,17,21)/t11-,12-/m1/s1. The van der Waals surface area contributed by atoms with Crippen LogP contribution in [0, 0.1) is 0 Å². The first-order valence-corrected chi connectivity index (χ1v) is 8.04. The zero-order valence-corrected chi connectivity index (χ0v) is 12.8. The molecule has 9 heteroatoms. The number of piperidine rings is 1. The van der Waals surface area contributed by atoms with Crippen LogP contribution in [0.25, 0.3) is 0 Å². The number of rotatable bonds is 5. The molecule has 8 nitrogen and oxygen atoms in total. The summed E-state index contributed by atoms with van der Waals surface area (Å²) >= 11 is 1.57. The molecule has 0 bridgehead atoms. The molecule has 1 aliphatic rings. The highest BCUT2D eigenvalue weighted by Gasteiger charge is 2.29. The van der Waals surface area contributed by atoms with Crippen LogP contribution < -0.4 is 5.32 Å². The van der Waals surface area contributed by atoms with Crippen LogP contribution in [0.3, 0.4) is 0 Å². The summed E-state index contributed by atoms with van der Waals surface area (Å²) in [5.74, 6) is -0.142. The molecule has 22 heavy (non-hydrogen) atoms. The van der Waals surface area contributed by atoms with Crippen LogP contribution in [0.4, 0.5) is 0 Å². The average Bonchev–Trinajstić information content (AvgIpc) is 3.15. The van der Waals surface area contributed by atoms with Gasteiger partial charge >= 0.3 is 0 Å². The van der Waals surface area contributed by atoms with Gasteiger partial charge in [-0.1, -0.05) is 0 Å². The number of amides is 1. The lowest BCUT2D eigenvalue weighted by Gasteiger charge is -2.35. The largest absolute Gasteiger partial charge is 0.390 e. The van der Waals surface area contributed by atoms with Gasteiger partial charge in [-0.15, -0.1) is 21.5 Å². The summed E-state index contributed by atoms with van der Waals surface area (Å²) in [6, 6.07) is -0.212. The Bertz CT molecular complexity index is 588. The minimum Gasteiger partial charge on any atom is -0.390 e. The van der Waals surface area contributed by atoms with Crippen molar-refractivity contribution in [3.63, 3.8) is 0 Å². The van der Waals surface area contributed by atoms with Crippen LogP contribution in [-0.2, 0) is 17.9 Å². The Labute approximate surface area is 131 Å². The van der Waals surface area contributed by atoms with E-state index in [1.165, 1.54) is 12.7 Å². The maximum Gasteiger partial charge on any atom is 0.240 e. The Morgan fingerprint density at radius 3 is 2.95 bits per heavy atom. The lowest BCUT2D eigenvalue weighted by atomic mass is 10.0. The highest BCUT2D eigenvalue weighted by Crippen LogP contribution is 2.14. The first-order chi connectivity index (χ1) is 10.7. The van der Waals surface area contributed by atoms with Crippen molar-refractivity contribution in [1.29, 1.82) is 0 Å². The number of hydrogen-bond acceptors (Lipinski definition) is 7. The third-order valence-corrected chi connectivity index (χ3v) is 4.31. The van der Waals surface area contributed by atoms with Crippen molar-refractivity contribution in [3.8, 4) is 0 Å². The number of aromatic nitrogens is 4. The van der Waals surface area contributed by atoms with Gasteiger partial charge in [-0.05, 0) is 6.42 Å². The van der Waals surface area contributed by atoms with Gasteiger partial charge in [-0.3, -0.25) is 9.69 Å². The summed E-state index contributed by atoms with van der Waals surface area (Å²) in [5.41, 5.74) is 2.83. The average molecular weight is 322 g/mol. The molecule has 1 amide bonds. The molecule has 2 atom stereocenters. The molecular formula is C13H18N6O2S. The van der Waals surface area contributed by atoms with Crippen molar-refractivity contribution in [3.05, 3.63) is 29.2 Å². The van der Waals surface area contributed by atoms with Crippen molar-refractivity contribution < 1.29 is 9.90 Å². The lowest BCUT2D eigenvalue weighted by molar-refractivity contribution is -0.124. The normalized spacial score (nSPS) is 22.6. The van der Waals surface area contributed by atoms with Crippen molar-refractivity contribution in [2.75, 3.05) is 13.1 Å². The zero-order chi connectivity index (χ0) is 15.4. The molecule has 0 aliphatic carbocycles. The molecule has 0 unspecified atom stereocenters. The van der Waals surface area contributed by atoms with Gasteiger partial charge in [-0.2, -0.15) is 0 Å². The summed E-state index contributed by atoms with van der Waals surface area (Å²) in [6.07, 6.45) is 3.13. The van der Waals surface area contributed by atoms with Gasteiger partial charge in [0.25, 0.3) is 0 Å². The number of carbonyl (C=O) groups excluding carboxylic acids is 1. The molecule has 0 saturated carbocycles. The smallest absolute Gasteiger partial charge is 0.240 e. The summed E-state index contributed by atoms with van der Waals surface area (Å²) in [6.45, 7) is 2.27. The van der Waals surface area contributed by atoms with Gasteiger partial charge < -0.3 is 15.0 Å². The molecule has 3 heterocycles. The fraction of sp³-hybridized carbons (Fsp3) is 0.538. The number of aliphatic hydroxyl groups is 1. The van der Waals surface area contributed by atoms with E-state index in [9.17, 15) is 9.90 Å². The van der Waals surface area contributed by atoms with E-state index in [4.69, 9.17) is 0 Å². The molecule has 2 aromatic heterocycles. The lowest BCUT2D eigenvalue weighted by Crippen LogP contribution is -2.54. The molecular weight excluding hydrogens is 304 g/mol. The second-order valence-corrected chi connectivity index (χ2v) is 6.10. The van der Waals surface area contributed by atoms with Crippen LogP contribution in [0.15, 0.2) is 23.5 Å². The molecule has 0 radical (unpaired) electrons. The third kappa shape index (κ3) is 3.87. The van der Waals surface area contributed by atoms with E-state index >= 15 is 0 Å². The highest BCUT2D eigenvalue weighted by molar-refractivity contribution is 7.07. The maximum absolute atomic E-state index is 11.9. The van der Waals surface area contributed by atoms with E-state index in [0.29, 0.717) is 6.54 Å². The predicted molar refractivity (Wildman–Crippen MR) is 80.0 cm³/mol. The van der Waals surface area contributed by atoms with Gasteiger partial charge in [0.1, 0.15) is 19.2 Å². The minimum absolute atomic E-state index is 0.142. The van der Waals surface area contributed by atoms with Crippen LogP contribution in [0.1, 0.15) is 12.1 Å². The second-order valence-electron chi connectivity index (χ2n) is 5.38. The van der Waals surface area contributed by atoms with Crippen LogP contribution >= 0.6 is 11.3 Å². The van der Waals surface area contributed by atoms with Crippen molar-refractivity contribution >= 4 is 17.2 Å². The predicted octanol–water partition coefficient (Wildman–Crippen LogP) is -0.514. The molecule has 1 aliphatic heterocycles. The van der Waals surface area contributed by atoms with Gasteiger partial charge in [0.15, 0.2) is 0 Å². The molecule has 2 aromatic rings. The first kappa shape index (κ1) is 15.1. The topological polar surface area (TPSA) is 96.2 Å². The SMILES string of the molecule is O=C(Cn1cnnc1)N[C@@H]1CCN(Cc2cscn2)C[C@H]1O. The number of nitrogens with one attached hydrogen (secondary N) is 1. The van der Waals surface area contributed by atoms with E-state index < -0.39 is 6.10 Å². The van der Waals surface area contributed by atoms with Gasteiger partial charge in [0.05, 0.1) is 23.4 Å². The van der Waals surface area contributed by atoms with Gasteiger partial charge in [0, 0.05) is 25.0 Å². The molecule has 1 fully saturated rings. The highest BCUT2D eigenvalue weighted by atomic mass is 32.1. The summed E-state index contributed by atoms with van der Waals surface area (Å²) in [5, 5.41) is 22.4. The van der Waals surface area contributed by atoms with E-state index in [2.05, 4.69) is 25.4 Å². The van der Waals surface area contributed by atoms with E-state index in [-0.39, 0.29) is 18.5 Å². The molecule has 3 rings (SSSR count). The molecule has 2 N–H and O–H groups in total. The van der Waals surface area contributed by atoms with Crippen molar-refractivity contribution in [2.45, 2.75) is 31.7 Å². The fourth-order valence-electron chi connectivity index (χ4n) is 2.58. The Morgan fingerprint density at radius 2 is 2.27 bits per heavy atom. The number of carbonyl (C=O) groups is 1. The van der Waals surface area contributed by atoms with Crippen LogP contribution in [0.2, 0.25) is 0 Å². The molecule has 0 aromatic carbocycles. The summed E-state index contributed by atoms with van der Waals surface area (Å²) in [4.78, 5) is 18.4. The van der Waals surface area contributed by atoms with E-state index in [1.807, 2.05) is 10.9 Å². The fourth-order valence-corrected chi connectivity index (χ4v) is 3.13. The number of nitrogens with zero attached hydrogens (tertiary/aromatic N) is 5. The molecule has 0 spiro atoms. The van der Waals surface area contributed by atoms with Gasteiger partial charge in [0.2, 0.25) is 5.91 Å². The monoisotopic (exact) mass is 322 g/mol. The Kier molecular flexibility index (Phi) is 4.76. The van der Waals surface area contributed by atoms with Gasteiger partial charge in [-0.25, -0.2) is 4.98 Å². The molecule has 1 saturated heterocycles. The Balaban J connectivity index is 1.47. The number of aliphatic hydroxyl groups excluding tert-OH is 1. The van der Waals surface area contributed by atoms with E-state index in [1.54, 1.807) is 15.9 Å². The number of β-amino-alcohol motifs (C(OH)–C–C–N with tert-alkyl or cyclic N) is 1. The van der Waals surface area contributed by atoms with E-state index in [0.717, 1.165) is 25.2 Å². The first-order valence-electron chi connectivity index (χ1n) is 7.10. The number of thiazole rings is 1.